The van der Waals surface area contributed by atoms with E-state index in [9.17, 15) is 18.8 Å². The van der Waals surface area contributed by atoms with Crippen LogP contribution in [0.15, 0.2) is 11.1 Å². The fourth-order valence-electron chi connectivity index (χ4n) is 2.80. The van der Waals surface area contributed by atoms with Gasteiger partial charge in [-0.05, 0) is 25.7 Å². The Bertz CT molecular complexity index is 711. The van der Waals surface area contributed by atoms with Crippen LogP contribution in [-0.2, 0) is 20.8 Å². The Morgan fingerprint density at radius 1 is 1.23 bits per heavy atom. The highest BCUT2D eigenvalue weighted by Crippen LogP contribution is 2.44. The first-order valence-electron chi connectivity index (χ1n) is 6.71. The average Bonchev–Trinajstić information content (AvgIpc) is 2.87. The van der Waals surface area contributed by atoms with Gasteiger partial charge in [-0.25, -0.2) is 4.90 Å². The molecule has 0 fully saturated rings. The lowest BCUT2D eigenvalue weighted by atomic mass is 9.93. The summed E-state index contributed by atoms with van der Waals surface area (Å²) in [6, 6.07) is 0. The van der Waals surface area contributed by atoms with Gasteiger partial charge in [0.15, 0.2) is 0 Å². The van der Waals surface area contributed by atoms with Gasteiger partial charge in [-0.3, -0.25) is 14.4 Å². The second-order valence-electron chi connectivity index (χ2n) is 5.14. The van der Waals surface area contributed by atoms with Crippen molar-refractivity contribution in [2.45, 2.75) is 32.1 Å². The Hall–Kier alpha value is -1.73. The van der Waals surface area contributed by atoms with Crippen LogP contribution in [0.2, 0.25) is 5.02 Å². The molecule has 22 heavy (non-hydrogen) atoms. The van der Waals surface area contributed by atoms with Crippen molar-refractivity contribution in [3.63, 3.8) is 0 Å². The molecule has 3 rings (SSSR count). The Morgan fingerprint density at radius 2 is 1.77 bits per heavy atom. The first-order chi connectivity index (χ1) is 10.4. The normalized spacial score (nSPS) is 18.2. The molecule has 0 saturated carbocycles. The molecule has 1 aromatic heterocycles. The standard InChI is InChI=1S/C14H11ClFNO4S/c15-10-8(5-9(18)19)22-12(16)11(10)17-13(20)6-3-1-2-4-7(6)14(17)21/h1-5H2,(H,18,19). The van der Waals surface area contributed by atoms with Crippen LogP contribution < -0.4 is 4.90 Å². The molecule has 0 spiro atoms. The van der Waals surface area contributed by atoms with E-state index in [1.165, 1.54) is 0 Å². The molecular formula is C14H11ClFNO4S. The van der Waals surface area contributed by atoms with Crippen molar-refractivity contribution >= 4 is 46.4 Å². The lowest BCUT2D eigenvalue weighted by molar-refractivity contribution is -0.136. The Labute approximate surface area is 134 Å². The van der Waals surface area contributed by atoms with E-state index in [0.717, 1.165) is 17.7 Å². The van der Waals surface area contributed by atoms with E-state index in [1.54, 1.807) is 0 Å². The maximum atomic E-state index is 14.2. The van der Waals surface area contributed by atoms with E-state index >= 15 is 0 Å². The van der Waals surface area contributed by atoms with Gasteiger partial charge in [0.25, 0.3) is 11.8 Å². The fourth-order valence-corrected chi connectivity index (χ4v) is 4.09. The molecule has 5 nitrogen and oxygen atoms in total. The number of thiophene rings is 1. The summed E-state index contributed by atoms with van der Waals surface area (Å²) in [6.07, 6.45) is 2.18. The van der Waals surface area contributed by atoms with E-state index in [2.05, 4.69) is 0 Å². The third kappa shape index (κ3) is 2.24. The molecule has 1 aliphatic heterocycles. The Morgan fingerprint density at radius 3 is 2.27 bits per heavy atom. The molecule has 8 heteroatoms. The maximum absolute atomic E-state index is 14.2. The molecule has 1 aromatic rings. The number of imide groups is 1. The molecule has 0 saturated heterocycles. The minimum absolute atomic E-state index is 0.0899. The van der Waals surface area contributed by atoms with Crippen molar-refractivity contribution in [3.8, 4) is 0 Å². The molecule has 0 unspecified atom stereocenters. The summed E-state index contributed by atoms with van der Waals surface area (Å²) >= 11 is 6.57. The number of halogens is 2. The summed E-state index contributed by atoms with van der Waals surface area (Å²) in [4.78, 5) is 36.4. The van der Waals surface area contributed by atoms with Gasteiger partial charge in [-0.1, -0.05) is 11.6 Å². The van der Waals surface area contributed by atoms with Crippen molar-refractivity contribution in [3.05, 3.63) is 26.2 Å². The number of nitrogens with zero attached hydrogens (tertiary/aromatic N) is 1. The zero-order valence-electron chi connectivity index (χ0n) is 11.3. The molecule has 0 radical (unpaired) electrons. The summed E-state index contributed by atoms with van der Waals surface area (Å²) < 4.78 is 14.2. The van der Waals surface area contributed by atoms with Gasteiger partial charge in [0.1, 0.15) is 5.69 Å². The molecule has 2 aliphatic rings. The summed E-state index contributed by atoms with van der Waals surface area (Å²) in [6.45, 7) is 0. The molecule has 2 heterocycles. The van der Waals surface area contributed by atoms with Gasteiger partial charge >= 0.3 is 5.97 Å². The molecule has 116 valence electrons. The van der Waals surface area contributed by atoms with Crippen LogP contribution in [0.3, 0.4) is 0 Å². The highest BCUT2D eigenvalue weighted by molar-refractivity contribution is 7.11. The first kappa shape index (κ1) is 15.2. The minimum Gasteiger partial charge on any atom is -0.481 e. The van der Waals surface area contributed by atoms with Gasteiger partial charge in [-0.2, -0.15) is 4.39 Å². The minimum atomic E-state index is -1.16. The molecule has 1 aliphatic carbocycles. The number of carboxylic acid groups (broad SMARTS) is 1. The Balaban J connectivity index is 2.02. The first-order valence-corrected chi connectivity index (χ1v) is 7.90. The van der Waals surface area contributed by atoms with Crippen molar-refractivity contribution in [1.82, 2.24) is 0 Å². The monoisotopic (exact) mass is 343 g/mol. The average molecular weight is 344 g/mol. The molecule has 0 atom stereocenters. The second kappa shape index (κ2) is 5.48. The second-order valence-corrected chi connectivity index (χ2v) is 6.58. The molecule has 0 aromatic carbocycles. The Kier molecular flexibility index (Phi) is 3.78. The number of aliphatic carboxylic acids is 1. The van der Waals surface area contributed by atoms with E-state index in [0.29, 0.717) is 35.3 Å². The summed E-state index contributed by atoms with van der Waals surface area (Å²) in [7, 11) is 0. The van der Waals surface area contributed by atoms with Gasteiger partial charge in [0, 0.05) is 16.0 Å². The van der Waals surface area contributed by atoms with Crippen LogP contribution in [0.4, 0.5) is 10.1 Å². The number of anilines is 1. The lowest BCUT2D eigenvalue weighted by Gasteiger charge is -2.14. The van der Waals surface area contributed by atoms with E-state index in [-0.39, 0.29) is 15.6 Å². The van der Waals surface area contributed by atoms with Gasteiger partial charge < -0.3 is 5.11 Å². The van der Waals surface area contributed by atoms with Gasteiger partial charge in [-0.15, -0.1) is 11.3 Å². The van der Waals surface area contributed by atoms with Crippen LogP contribution >= 0.6 is 22.9 Å². The van der Waals surface area contributed by atoms with Crippen molar-refractivity contribution in [2.75, 3.05) is 4.90 Å². The van der Waals surface area contributed by atoms with Crippen LogP contribution in [0.5, 0.6) is 0 Å². The largest absolute Gasteiger partial charge is 0.481 e. The number of amides is 2. The fraction of sp³-hybridized carbons (Fsp3) is 0.357. The van der Waals surface area contributed by atoms with Gasteiger partial charge in [0.05, 0.1) is 11.4 Å². The van der Waals surface area contributed by atoms with E-state index in [1.807, 2.05) is 0 Å². The number of carboxylic acids is 1. The summed E-state index contributed by atoms with van der Waals surface area (Å²) in [5.74, 6) is -2.24. The quantitative estimate of drug-likeness (QED) is 0.856. The van der Waals surface area contributed by atoms with Crippen molar-refractivity contribution < 1.29 is 23.9 Å². The van der Waals surface area contributed by atoms with Crippen LogP contribution in [0.1, 0.15) is 30.6 Å². The van der Waals surface area contributed by atoms with E-state index in [4.69, 9.17) is 16.7 Å². The number of carbonyl (C=O) groups excluding carboxylic acids is 2. The summed E-state index contributed by atoms with van der Waals surface area (Å²) in [5.41, 5.74) is 0.544. The number of hydrogen-bond donors (Lipinski definition) is 1. The van der Waals surface area contributed by atoms with Crippen molar-refractivity contribution in [2.24, 2.45) is 0 Å². The maximum Gasteiger partial charge on any atom is 0.308 e. The van der Waals surface area contributed by atoms with Crippen LogP contribution in [0, 0.1) is 5.13 Å². The highest BCUT2D eigenvalue weighted by atomic mass is 35.5. The number of rotatable bonds is 3. The van der Waals surface area contributed by atoms with Crippen molar-refractivity contribution in [1.29, 1.82) is 0 Å². The van der Waals surface area contributed by atoms with Crippen LogP contribution in [0.25, 0.3) is 0 Å². The lowest BCUT2D eigenvalue weighted by Crippen LogP contribution is -2.32. The zero-order chi connectivity index (χ0) is 16.0. The van der Waals surface area contributed by atoms with Gasteiger partial charge in [0.2, 0.25) is 5.13 Å². The highest BCUT2D eigenvalue weighted by Gasteiger charge is 2.42. The third-order valence-electron chi connectivity index (χ3n) is 3.78. The molecule has 2 amide bonds. The predicted octanol–water partition coefficient (Wildman–Crippen LogP) is 2.91. The predicted molar refractivity (Wildman–Crippen MR) is 78.6 cm³/mol. The third-order valence-corrected chi connectivity index (χ3v) is 5.26. The molecule has 1 N–H and O–H groups in total. The molecule has 0 bridgehead atoms. The summed E-state index contributed by atoms with van der Waals surface area (Å²) in [5, 5.41) is 7.81. The van der Waals surface area contributed by atoms with E-state index < -0.39 is 29.3 Å². The molecular weight excluding hydrogens is 333 g/mol. The SMILES string of the molecule is O=C(O)Cc1sc(F)c(N2C(=O)C3=C(CCCC3)C2=O)c1Cl. The zero-order valence-corrected chi connectivity index (χ0v) is 12.9. The topological polar surface area (TPSA) is 74.7 Å². The number of carbonyl (C=O) groups is 3. The van der Waals surface area contributed by atoms with Crippen LogP contribution in [-0.4, -0.2) is 22.9 Å². The number of hydrogen-bond acceptors (Lipinski definition) is 4. The smallest absolute Gasteiger partial charge is 0.308 e.